The van der Waals surface area contributed by atoms with Crippen molar-refractivity contribution in [1.82, 2.24) is 46.5 Å². The number of rotatable bonds is 30. The zero-order chi connectivity index (χ0) is 76.1. The van der Waals surface area contributed by atoms with Gasteiger partial charge in [-0.05, 0) is 95.2 Å². The van der Waals surface area contributed by atoms with Crippen molar-refractivity contribution in [3.63, 3.8) is 0 Å². The lowest BCUT2D eigenvalue weighted by Crippen LogP contribution is -2.37. The number of Topliss-reactive ketones (excluding diaryl/α,β-unsaturated/α-hetero) is 7. The summed E-state index contributed by atoms with van der Waals surface area (Å²) in [6, 6.07) is 20.9. The normalized spacial score (nSPS) is 12.8. The number of aliphatic hydroxyl groups excluding tert-OH is 1. The minimum Gasteiger partial charge on any atom is -0.493 e. The maximum atomic E-state index is 13.7. The highest BCUT2D eigenvalue weighted by Crippen LogP contribution is 2.39. The first-order valence-corrected chi connectivity index (χ1v) is 34.2. The molecule has 12 rings (SSSR count). The molecule has 0 saturated carbocycles. The van der Waals surface area contributed by atoms with Gasteiger partial charge in [0.05, 0.1) is 91.7 Å². The van der Waals surface area contributed by atoms with Crippen LogP contribution >= 0.6 is 0 Å². The topological polar surface area (TPSA) is 332 Å². The van der Waals surface area contributed by atoms with Crippen LogP contribution in [0.25, 0.3) is 0 Å². The van der Waals surface area contributed by atoms with E-state index in [1.165, 1.54) is 14.2 Å². The summed E-state index contributed by atoms with van der Waals surface area (Å²) in [5, 5.41) is 22.6. The number of methoxy groups -OCH3 is 2. The summed E-state index contributed by atoms with van der Waals surface area (Å²) in [5.41, 5.74) is 10.5. The van der Waals surface area contributed by atoms with Gasteiger partial charge in [-0.2, -0.15) is 0 Å². The first kappa shape index (κ1) is 75.1. The van der Waals surface area contributed by atoms with Gasteiger partial charge in [-0.25, -0.2) is 19.6 Å². The molecule has 28 nitrogen and oxygen atoms in total. The molecule has 2 aliphatic heterocycles. The van der Waals surface area contributed by atoms with Crippen LogP contribution in [-0.2, 0) is 129 Å². The Morgan fingerprint density at radius 3 is 1.44 bits per heavy atom. The quantitative estimate of drug-likeness (QED) is 0.0172. The monoisotopic (exact) mass is 1440 g/mol. The molecule has 29 heteroatoms. The number of hydrogen-bond donors (Lipinski definition) is 3. The van der Waals surface area contributed by atoms with Gasteiger partial charge in [-0.15, -0.1) is 0 Å². The Bertz CT molecular complexity index is 5170. The fourth-order valence-electron chi connectivity index (χ4n) is 13.6. The lowest BCUT2D eigenvalue weighted by atomic mass is 9.89. The van der Waals surface area contributed by atoms with E-state index in [9.17, 15) is 58.1 Å². The van der Waals surface area contributed by atoms with E-state index in [-0.39, 0.29) is 129 Å². The van der Waals surface area contributed by atoms with Crippen molar-refractivity contribution in [2.45, 2.75) is 83.7 Å². The summed E-state index contributed by atoms with van der Waals surface area (Å²) in [5.74, 6) is -1.66. The predicted molar refractivity (Wildman–Crippen MR) is 392 cm³/mol. The predicted octanol–water partition coefficient (Wildman–Crippen LogP) is 7.27. The number of aromatic nitrogens is 10. The van der Waals surface area contributed by atoms with Crippen LogP contribution in [0.5, 0.6) is 5.75 Å². The van der Waals surface area contributed by atoms with Crippen LogP contribution in [0.1, 0.15) is 158 Å². The van der Waals surface area contributed by atoms with Gasteiger partial charge in [0.25, 0.3) is 5.91 Å². The van der Waals surface area contributed by atoms with Gasteiger partial charge in [0, 0.05) is 180 Å². The Kier molecular flexibility index (Phi) is 22.6. The van der Waals surface area contributed by atoms with Gasteiger partial charge in [-0.1, -0.05) is 18.2 Å². The summed E-state index contributed by atoms with van der Waals surface area (Å²) in [6.45, 7) is 1.45. The number of benzene rings is 2. The van der Waals surface area contributed by atoms with Crippen molar-refractivity contribution >= 4 is 88.7 Å². The molecule has 0 saturated heterocycles. The van der Waals surface area contributed by atoms with E-state index in [4.69, 9.17) is 14.2 Å². The molecular formula is C77H82BN13O15. The van der Waals surface area contributed by atoms with Crippen molar-refractivity contribution in [2.24, 2.45) is 61.4 Å². The minimum atomic E-state index is -0.756. The van der Waals surface area contributed by atoms with E-state index in [0.29, 0.717) is 114 Å². The molecule has 106 heavy (non-hydrogen) atoms. The molecule has 2 aromatic carbocycles. The van der Waals surface area contributed by atoms with Gasteiger partial charge in [0.2, 0.25) is 11.6 Å². The van der Waals surface area contributed by atoms with Crippen LogP contribution < -0.4 is 14.9 Å². The van der Waals surface area contributed by atoms with E-state index < -0.39 is 19.0 Å². The zero-order valence-corrected chi connectivity index (χ0v) is 60.8. The van der Waals surface area contributed by atoms with Crippen LogP contribution in [0, 0.1) is 0 Å². The largest absolute Gasteiger partial charge is 0.493 e. The average Bonchev–Trinajstić information content (AvgIpc) is 1.59. The number of ketones is 7. The standard InChI is InChI=1S/C49H49N7O9.C28H33BN6O6/c1-52-24-29(13-36(58)10-8-12-65-46-22-38-37(20-33(46)28-57)48(62)56-35(23-50-38)19-32-9-6-7-11-39(32)56)14-41(52)44(60)21-34-27-55(4)47(51-34)45(61)18-30-15-40(53(2)25-30)43(59)17-31-16-42(49(63)64-5)54(3)26-31;1-29(40)31-20-11-22(34(4)16-20)25(37)12-19-15-35(5)27(30-19)26(38)10-17-7-21(32(2)13-17)24(36)9-18-8-23(28(39)41-6)33(3)14-18/h6-7,9,11,14-16,20,22-27,35,57H,8,10,12-13,17-19,21,28H2,1-5H3;7-8,11,13-16,31,40H,9-10,12H2,1-6H3. The number of aliphatic imine (C=N–C) groups is 1. The Morgan fingerprint density at radius 1 is 0.528 bits per heavy atom. The van der Waals surface area contributed by atoms with Crippen molar-refractivity contribution < 1.29 is 72.3 Å². The summed E-state index contributed by atoms with van der Waals surface area (Å²) in [7, 11) is 15.6. The summed E-state index contributed by atoms with van der Waals surface area (Å²) < 4.78 is 28.7. The Morgan fingerprint density at radius 2 is 0.962 bits per heavy atom. The average molecular weight is 1440 g/mol. The van der Waals surface area contributed by atoms with Crippen molar-refractivity contribution in [3.8, 4) is 5.75 Å². The van der Waals surface area contributed by atoms with Crippen LogP contribution in [-0.4, -0.2) is 155 Å². The zero-order valence-electron chi connectivity index (χ0n) is 60.8. The van der Waals surface area contributed by atoms with Crippen molar-refractivity contribution in [1.29, 1.82) is 0 Å². The van der Waals surface area contributed by atoms with Crippen LogP contribution in [0.3, 0.4) is 0 Å². The number of hydrogen-bond acceptors (Lipinski definition) is 19. The molecule has 0 fully saturated rings. The van der Waals surface area contributed by atoms with Gasteiger partial charge >= 0.3 is 19.0 Å². The van der Waals surface area contributed by atoms with Crippen LogP contribution in [0.4, 0.5) is 17.1 Å². The number of para-hydroxylation sites is 1. The molecule has 0 bridgehead atoms. The molecule has 0 spiro atoms. The molecule has 10 heterocycles. The number of esters is 2. The second-order valence-electron chi connectivity index (χ2n) is 26.8. The summed E-state index contributed by atoms with van der Waals surface area (Å²) >= 11 is 0. The third-order valence-electron chi connectivity index (χ3n) is 18.6. The number of ether oxygens (including phenoxy) is 3. The Balaban J connectivity index is 0.000000235. The van der Waals surface area contributed by atoms with Crippen LogP contribution in [0.2, 0.25) is 6.82 Å². The van der Waals surface area contributed by atoms with Gasteiger partial charge in [0.1, 0.15) is 22.9 Å². The number of aryl methyl sites for hydroxylation is 8. The molecule has 10 aromatic rings. The van der Waals surface area contributed by atoms with E-state index in [1.807, 2.05) is 24.3 Å². The smallest absolute Gasteiger partial charge is 0.406 e. The molecule has 0 aliphatic carbocycles. The number of carbonyl (C=O) groups excluding carboxylic acids is 10. The number of nitrogens with one attached hydrogen (secondary N) is 1. The third-order valence-corrected chi connectivity index (χ3v) is 18.6. The van der Waals surface area contributed by atoms with Gasteiger partial charge < -0.3 is 66.1 Å². The molecule has 3 N–H and O–H groups in total. The number of carbonyl (C=O) groups is 10. The molecule has 2 aliphatic rings. The molecular weight excluding hydrogens is 1360 g/mol. The maximum Gasteiger partial charge on any atom is 0.406 e. The fraction of sp³-hybridized carbons (Fsp3) is 0.312. The van der Waals surface area contributed by atoms with E-state index in [0.717, 1.165) is 11.3 Å². The lowest BCUT2D eigenvalue weighted by Gasteiger charge is -2.22. The highest BCUT2D eigenvalue weighted by molar-refractivity contribution is 6.52. The Labute approximate surface area is 610 Å². The number of fused-ring (bicyclic) bond motifs is 4. The van der Waals surface area contributed by atoms with E-state index in [1.54, 1.807) is 209 Å². The molecule has 548 valence electrons. The summed E-state index contributed by atoms with van der Waals surface area (Å²) in [6.07, 6.45) is 17.0. The molecule has 8 aromatic heterocycles. The highest BCUT2D eigenvalue weighted by atomic mass is 16.5. The van der Waals surface area contributed by atoms with Gasteiger partial charge in [0.15, 0.2) is 34.8 Å². The summed E-state index contributed by atoms with van der Waals surface area (Å²) in [4.78, 5) is 145. The Hall–Kier alpha value is -12.1. The number of imidazole rings is 2. The van der Waals surface area contributed by atoms with Crippen LogP contribution in [0.15, 0.2) is 127 Å². The molecule has 1 amide bonds. The first-order chi connectivity index (χ1) is 50.6. The van der Waals surface area contributed by atoms with E-state index in [2.05, 4.69) is 20.2 Å². The SMILES string of the molecule is COC(=O)c1cc(CC(=O)c2cc(CC(=O)c3nc(CC(=O)c4cc(CC(=O)CCCOc5cc6c(cc5CO)C(=O)N5c7ccccc7CC5C=N6)cn4C)cn3C)cn2C)cn1C.COC(=O)c1cc(CC(=O)c2cc(CC(=O)c3nc(CC(=O)c4cc(NB(C)O)cn4C)cn3C)cn2C)cn1C. The van der Waals surface area contributed by atoms with E-state index >= 15 is 0 Å². The lowest BCUT2D eigenvalue weighted by molar-refractivity contribution is -0.118. The molecule has 0 radical (unpaired) electrons. The van der Waals surface area contributed by atoms with Gasteiger partial charge in [-0.3, -0.25) is 48.2 Å². The maximum absolute atomic E-state index is 13.7. The minimum absolute atomic E-state index is 0.00819. The fourth-order valence-corrected chi connectivity index (χ4v) is 13.6. The molecule has 1 atom stereocenters. The van der Waals surface area contributed by atoms with Crippen molar-refractivity contribution in [2.75, 3.05) is 31.0 Å². The second kappa shape index (κ2) is 31.9. The first-order valence-electron chi connectivity index (χ1n) is 34.2. The second-order valence-corrected chi connectivity index (χ2v) is 26.8. The highest BCUT2D eigenvalue weighted by Gasteiger charge is 2.37. The van der Waals surface area contributed by atoms with Crippen molar-refractivity contribution in [3.05, 3.63) is 224 Å². The number of anilines is 2. The number of aliphatic hydroxyl groups is 1. The number of nitrogens with zero attached hydrogens (tertiary/aromatic N) is 12. The number of amides is 1. The third kappa shape index (κ3) is 16.8. The molecule has 1 unspecified atom stereocenters.